The van der Waals surface area contributed by atoms with Crippen LogP contribution in [0.1, 0.15) is 6.42 Å². The first-order valence-electron chi connectivity index (χ1n) is 8.69. The second kappa shape index (κ2) is 9.07. The fourth-order valence-corrected chi connectivity index (χ4v) is 2.64. The number of rotatable bonds is 8. The lowest BCUT2D eigenvalue weighted by Crippen LogP contribution is -2.07. The lowest BCUT2D eigenvalue weighted by Gasteiger charge is -2.14. The van der Waals surface area contributed by atoms with Gasteiger partial charge in [-0.25, -0.2) is 9.18 Å². The molecule has 29 heavy (non-hydrogen) atoms. The molecule has 0 atom stereocenters. The van der Waals surface area contributed by atoms with Crippen molar-refractivity contribution < 1.29 is 33.6 Å². The van der Waals surface area contributed by atoms with Crippen LogP contribution in [0.4, 0.5) is 14.9 Å². The molecule has 2 aromatic carbocycles. The van der Waals surface area contributed by atoms with E-state index in [1.165, 1.54) is 25.4 Å². The third-order valence-electron chi connectivity index (χ3n) is 3.95. The molecule has 0 saturated carbocycles. The Morgan fingerprint density at radius 1 is 1.14 bits per heavy atom. The highest BCUT2D eigenvalue weighted by Crippen LogP contribution is 2.37. The van der Waals surface area contributed by atoms with E-state index in [4.69, 9.17) is 24.4 Å². The molecule has 9 heteroatoms. The normalized spacial score (nSPS) is 10.6. The van der Waals surface area contributed by atoms with Crippen LogP contribution >= 0.6 is 0 Å². The second-order valence-electron chi connectivity index (χ2n) is 5.93. The van der Waals surface area contributed by atoms with Crippen molar-refractivity contribution in [2.24, 2.45) is 0 Å². The van der Waals surface area contributed by atoms with Gasteiger partial charge in [0, 0.05) is 42.4 Å². The topological polar surface area (TPSA) is 110 Å². The van der Waals surface area contributed by atoms with Gasteiger partial charge in [0.2, 0.25) is 0 Å². The first kappa shape index (κ1) is 20.2. The zero-order valence-corrected chi connectivity index (χ0v) is 15.5. The highest BCUT2D eigenvalue weighted by molar-refractivity contribution is 5.88. The standard InChI is InChI=1S/C20H19FN2O6/c1-27-18-10-13-15(11-19(18)28-8-2-7-24)22-6-5-16(13)29-17-4-3-12(9-14(17)21)23-20(25)26/h3-6,9-11,23-24H,2,7-8H2,1H3,(H,25,26). The van der Waals surface area contributed by atoms with Crippen molar-refractivity contribution in [3.63, 3.8) is 0 Å². The molecular formula is C20H19FN2O6. The number of ether oxygens (including phenoxy) is 3. The Morgan fingerprint density at radius 3 is 2.66 bits per heavy atom. The molecule has 0 radical (unpaired) electrons. The molecule has 0 aliphatic carbocycles. The van der Waals surface area contributed by atoms with Crippen LogP contribution in [0, 0.1) is 5.82 Å². The SMILES string of the molecule is COc1cc2c(Oc3ccc(NC(=O)O)cc3F)ccnc2cc1OCCCO. The third kappa shape index (κ3) is 4.82. The fourth-order valence-electron chi connectivity index (χ4n) is 2.64. The van der Waals surface area contributed by atoms with Gasteiger partial charge in [0.1, 0.15) is 5.75 Å². The van der Waals surface area contributed by atoms with Gasteiger partial charge in [0.15, 0.2) is 23.1 Å². The molecule has 1 amide bonds. The second-order valence-corrected chi connectivity index (χ2v) is 5.93. The summed E-state index contributed by atoms with van der Waals surface area (Å²) in [5.74, 6) is 0.448. The molecule has 3 N–H and O–H groups in total. The highest BCUT2D eigenvalue weighted by Gasteiger charge is 2.14. The summed E-state index contributed by atoms with van der Waals surface area (Å²) >= 11 is 0. The Bertz CT molecular complexity index is 1030. The third-order valence-corrected chi connectivity index (χ3v) is 3.95. The average molecular weight is 402 g/mol. The van der Waals surface area contributed by atoms with Crippen LogP contribution in [-0.2, 0) is 0 Å². The lowest BCUT2D eigenvalue weighted by atomic mass is 10.1. The number of benzene rings is 2. The Hall–Kier alpha value is -3.59. The number of methoxy groups -OCH3 is 1. The van der Waals surface area contributed by atoms with Gasteiger partial charge in [-0.3, -0.25) is 10.3 Å². The Morgan fingerprint density at radius 2 is 1.97 bits per heavy atom. The van der Waals surface area contributed by atoms with E-state index in [-0.39, 0.29) is 18.0 Å². The monoisotopic (exact) mass is 402 g/mol. The number of carbonyl (C=O) groups is 1. The number of pyridine rings is 1. The number of aliphatic hydroxyl groups is 1. The van der Waals surface area contributed by atoms with Gasteiger partial charge in [-0.05, 0) is 24.3 Å². The maximum Gasteiger partial charge on any atom is 0.409 e. The Balaban J connectivity index is 1.92. The van der Waals surface area contributed by atoms with Crippen LogP contribution in [0.3, 0.4) is 0 Å². The van der Waals surface area contributed by atoms with Crippen molar-refractivity contribution in [1.82, 2.24) is 4.98 Å². The summed E-state index contributed by atoms with van der Waals surface area (Å²) in [6.45, 7) is 0.328. The molecule has 0 spiro atoms. The largest absolute Gasteiger partial charge is 0.493 e. The van der Waals surface area contributed by atoms with E-state index in [2.05, 4.69) is 10.3 Å². The average Bonchev–Trinajstić information content (AvgIpc) is 2.69. The maximum absolute atomic E-state index is 14.3. The fraction of sp³-hybridized carbons (Fsp3) is 0.200. The lowest BCUT2D eigenvalue weighted by molar-refractivity contribution is 0.209. The minimum Gasteiger partial charge on any atom is -0.493 e. The van der Waals surface area contributed by atoms with E-state index >= 15 is 0 Å². The quantitative estimate of drug-likeness (QED) is 0.488. The molecule has 0 aliphatic heterocycles. The maximum atomic E-state index is 14.3. The highest BCUT2D eigenvalue weighted by atomic mass is 19.1. The first-order chi connectivity index (χ1) is 14.0. The first-order valence-corrected chi connectivity index (χ1v) is 8.69. The number of nitrogens with zero attached hydrogens (tertiary/aromatic N) is 1. The predicted octanol–water partition coefficient (Wildman–Crippen LogP) is 4.03. The zero-order chi connectivity index (χ0) is 20.8. The van der Waals surface area contributed by atoms with Crippen molar-refractivity contribution in [3.05, 3.63) is 48.4 Å². The molecule has 0 unspecified atom stereocenters. The zero-order valence-electron chi connectivity index (χ0n) is 15.5. The molecule has 3 rings (SSSR count). The Kier molecular flexibility index (Phi) is 6.30. The van der Waals surface area contributed by atoms with Gasteiger partial charge in [-0.1, -0.05) is 0 Å². The number of carboxylic acid groups (broad SMARTS) is 1. The smallest absolute Gasteiger partial charge is 0.409 e. The molecule has 3 aromatic rings. The van der Waals surface area contributed by atoms with Crippen LogP contribution in [0.25, 0.3) is 10.9 Å². The predicted molar refractivity (Wildman–Crippen MR) is 104 cm³/mol. The van der Waals surface area contributed by atoms with Crippen molar-refractivity contribution in [1.29, 1.82) is 0 Å². The molecule has 0 bridgehead atoms. The van der Waals surface area contributed by atoms with Gasteiger partial charge in [0.05, 0.1) is 19.2 Å². The summed E-state index contributed by atoms with van der Waals surface area (Å²) in [4.78, 5) is 15.0. The van der Waals surface area contributed by atoms with E-state index < -0.39 is 11.9 Å². The molecule has 0 aliphatic rings. The molecule has 0 saturated heterocycles. The number of fused-ring (bicyclic) bond motifs is 1. The number of hydrogen-bond donors (Lipinski definition) is 3. The minimum atomic E-state index is -1.29. The number of amides is 1. The molecule has 0 fully saturated rings. The molecule has 152 valence electrons. The van der Waals surface area contributed by atoms with Crippen LogP contribution in [0.5, 0.6) is 23.0 Å². The molecule has 8 nitrogen and oxygen atoms in total. The van der Waals surface area contributed by atoms with Gasteiger partial charge in [-0.2, -0.15) is 0 Å². The van der Waals surface area contributed by atoms with E-state index in [1.807, 2.05) is 0 Å². The number of anilines is 1. The number of aromatic nitrogens is 1. The van der Waals surface area contributed by atoms with Gasteiger partial charge in [-0.15, -0.1) is 0 Å². The van der Waals surface area contributed by atoms with Crippen molar-refractivity contribution in [2.45, 2.75) is 6.42 Å². The van der Waals surface area contributed by atoms with Crippen LogP contribution < -0.4 is 19.5 Å². The Labute approximate surface area is 165 Å². The van der Waals surface area contributed by atoms with Crippen molar-refractivity contribution in [2.75, 3.05) is 25.6 Å². The van der Waals surface area contributed by atoms with E-state index in [0.29, 0.717) is 41.2 Å². The van der Waals surface area contributed by atoms with Crippen LogP contribution in [0.2, 0.25) is 0 Å². The summed E-state index contributed by atoms with van der Waals surface area (Å²) in [5.41, 5.74) is 0.639. The van der Waals surface area contributed by atoms with Crippen LogP contribution in [-0.4, -0.2) is 41.6 Å². The molecular weight excluding hydrogens is 383 g/mol. The summed E-state index contributed by atoms with van der Waals surface area (Å²) in [5, 5.41) is 20.3. The van der Waals surface area contributed by atoms with E-state index in [1.54, 1.807) is 18.2 Å². The van der Waals surface area contributed by atoms with Gasteiger partial charge < -0.3 is 24.4 Å². The summed E-state index contributed by atoms with van der Waals surface area (Å²) in [7, 11) is 1.49. The molecule has 1 heterocycles. The van der Waals surface area contributed by atoms with E-state index in [0.717, 1.165) is 6.07 Å². The van der Waals surface area contributed by atoms with Gasteiger partial charge >= 0.3 is 6.09 Å². The molecule has 1 aromatic heterocycles. The number of nitrogens with one attached hydrogen (secondary N) is 1. The van der Waals surface area contributed by atoms with Crippen molar-refractivity contribution in [3.8, 4) is 23.0 Å². The number of halogens is 1. The van der Waals surface area contributed by atoms with Gasteiger partial charge in [0.25, 0.3) is 0 Å². The minimum absolute atomic E-state index is 0.0124. The summed E-state index contributed by atoms with van der Waals surface area (Å²) in [6.07, 6.45) is 0.700. The van der Waals surface area contributed by atoms with Crippen molar-refractivity contribution >= 4 is 22.7 Å². The number of hydrogen-bond acceptors (Lipinski definition) is 6. The van der Waals surface area contributed by atoms with Crippen LogP contribution in [0.15, 0.2) is 42.6 Å². The number of aliphatic hydroxyl groups excluding tert-OH is 1. The summed E-state index contributed by atoms with van der Waals surface area (Å²) < 4.78 is 31.0. The summed E-state index contributed by atoms with van der Waals surface area (Å²) in [6, 6.07) is 8.68. The van der Waals surface area contributed by atoms with E-state index in [9.17, 15) is 9.18 Å².